The molecule has 0 unspecified atom stereocenters. The summed E-state index contributed by atoms with van der Waals surface area (Å²) < 4.78 is 18.3. The smallest absolute Gasteiger partial charge is 0.227 e. The minimum absolute atomic E-state index is 0.0312. The number of nitrogens with zero attached hydrogens (tertiary/aromatic N) is 3. The number of hydrogen-bond acceptors (Lipinski definition) is 13. The molecule has 4 aromatic rings. The number of rotatable bonds is 21. The number of carbonyl (C=O) groups excluding carboxylic acids is 5. The number of nitrogens with two attached hydrogens (primary N) is 3. The van der Waals surface area contributed by atoms with Crippen molar-refractivity contribution in [3.63, 3.8) is 0 Å². The average Bonchev–Trinajstić information content (AvgIpc) is 3.70. The number of nitriles is 1. The molecule has 0 aliphatic carbocycles. The number of unbranched alkanes of at least 4 members (excludes halogenated alkanes) is 2. The molecule has 346 valence electrons. The van der Waals surface area contributed by atoms with E-state index in [-0.39, 0.29) is 82.9 Å². The van der Waals surface area contributed by atoms with Crippen LogP contribution in [0.1, 0.15) is 104 Å². The molecule has 1 aromatic heterocycles. The number of likely N-dealkylation sites (N-methyl/N-ethyl adjacent to an activating group) is 1. The van der Waals surface area contributed by atoms with E-state index in [4.69, 9.17) is 31.1 Å². The highest BCUT2D eigenvalue weighted by atomic mass is 16.5. The highest BCUT2D eigenvalue weighted by molar-refractivity contribution is 5.99. The van der Waals surface area contributed by atoms with Gasteiger partial charge in [-0.1, -0.05) is 51.0 Å². The van der Waals surface area contributed by atoms with Gasteiger partial charge in [-0.25, -0.2) is 4.98 Å². The minimum Gasteiger partial charge on any atom is -0.492 e. The van der Waals surface area contributed by atoms with Gasteiger partial charge in [-0.3, -0.25) is 24.0 Å². The number of carbonyl (C=O) groups is 5. The van der Waals surface area contributed by atoms with Crippen molar-refractivity contribution in [1.29, 1.82) is 5.26 Å². The third-order valence-corrected chi connectivity index (χ3v) is 11.6. The Labute approximate surface area is 381 Å². The lowest BCUT2D eigenvalue weighted by atomic mass is 9.88. The van der Waals surface area contributed by atoms with Crippen LogP contribution >= 0.6 is 0 Å². The maximum Gasteiger partial charge on any atom is 0.227 e. The molecule has 2 amide bonds. The molecule has 5 rings (SSSR count). The number of Topliss-reactive ketones (excluding diaryl/α,β-unsaturated/α-hetero) is 3. The maximum atomic E-state index is 14.7. The summed E-state index contributed by atoms with van der Waals surface area (Å²) in [5.74, 6) is -2.97. The number of aryl methyl sites for hydroxylation is 2. The highest BCUT2D eigenvalue weighted by Gasteiger charge is 2.37. The lowest BCUT2D eigenvalue weighted by Crippen LogP contribution is -2.46. The second-order valence-electron chi connectivity index (χ2n) is 16.7. The third-order valence-electron chi connectivity index (χ3n) is 11.6. The van der Waals surface area contributed by atoms with E-state index in [9.17, 15) is 29.2 Å². The summed E-state index contributed by atoms with van der Waals surface area (Å²) >= 11 is 0. The number of ether oxygens (including phenoxy) is 2. The number of ketones is 3. The van der Waals surface area contributed by atoms with Crippen molar-refractivity contribution in [2.24, 2.45) is 29.0 Å². The molecule has 0 saturated heterocycles. The molecule has 65 heavy (non-hydrogen) atoms. The van der Waals surface area contributed by atoms with Crippen LogP contribution in [0.25, 0.3) is 22.6 Å². The predicted octanol–water partition coefficient (Wildman–Crippen LogP) is 5.97. The van der Waals surface area contributed by atoms with Crippen LogP contribution in [0.5, 0.6) is 11.5 Å². The van der Waals surface area contributed by atoms with E-state index in [2.05, 4.69) is 17.2 Å². The Balaban J connectivity index is 1.54. The molecule has 7 N–H and O–H groups in total. The van der Waals surface area contributed by atoms with Crippen molar-refractivity contribution in [1.82, 2.24) is 15.2 Å². The van der Waals surface area contributed by atoms with Gasteiger partial charge in [0.15, 0.2) is 17.3 Å². The fraction of sp³-hybridized carbons (Fsp3) is 0.460. The van der Waals surface area contributed by atoms with Crippen LogP contribution in [0.4, 0.5) is 0 Å². The molecule has 15 nitrogen and oxygen atoms in total. The van der Waals surface area contributed by atoms with Crippen molar-refractivity contribution in [3.05, 3.63) is 88.8 Å². The van der Waals surface area contributed by atoms with Crippen LogP contribution in [0, 0.1) is 30.1 Å². The van der Waals surface area contributed by atoms with Gasteiger partial charge in [-0.2, -0.15) is 5.26 Å². The van der Waals surface area contributed by atoms with E-state index >= 15 is 0 Å². The number of aromatic nitrogens is 1. The normalized spacial score (nSPS) is 16.7. The summed E-state index contributed by atoms with van der Waals surface area (Å²) in [4.78, 5) is 76.6. The van der Waals surface area contributed by atoms with E-state index in [1.54, 1.807) is 44.2 Å². The molecule has 15 heteroatoms. The summed E-state index contributed by atoms with van der Waals surface area (Å²) in [6.07, 6.45) is 3.91. The van der Waals surface area contributed by atoms with Crippen LogP contribution in [0.3, 0.4) is 0 Å². The summed E-state index contributed by atoms with van der Waals surface area (Å²) in [5, 5.41) is 12.1. The number of fused-ring (bicyclic) bond motifs is 5. The summed E-state index contributed by atoms with van der Waals surface area (Å²) in [7, 11) is 1.50. The predicted molar refractivity (Wildman–Crippen MR) is 247 cm³/mol. The van der Waals surface area contributed by atoms with Crippen LogP contribution < -0.4 is 32.0 Å². The van der Waals surface area contributed by atoms with E-state index in [0.29, 0.717) is 45.3 Å². The van der Waals surface area contributed by atoms with E-state index < -0.39 is 47.3 Å². The van der Waals surface area contributed by atoms with Gasteiger partial charge in [0, 0.05) is 74.3 Å². The zero-order valence-corrected chi connectivity index (χ0v) is 38.0. The minimum atomic E-state index is -1.24. The standard InChI is InChI=1S/C50H63N7O8/c1-5-6-7-9-33-11-14-35(15-12-33)49-55-32(3)47(65-49)43(60)30-37(19-21-52)50(62)57(4)46-36-16-18-45(64-25-23-54)39(29-36)38-27-34(13-17-44(38)63-24-22-53)28-40(41(58)10-8-20-51)56-48(61)31(2)26-42(46)59/h11-18,27,29,31,37,40,46H,5-10,19,21-26,28,30,52-54H2,1-4H3,(H,56,61)/t31-,37-,40+,46+/m1/s1. The largest absolute Gasteiger partial charge is 0.492 e. The van der Waals surface area contributed by atoms with Crippen molar-refractivity contribution in [2.75, 3.05) is 39.9 Å². The highest BCUT2D eigenvalue weighted by Crippen LogP contribution is 2.41. The van der Waals surface area contributed by atoms with Gasteiger partial charge in [0.1, 0.15) is 30.8 Å². The van der Waals surface area contributed by atoms with E-state index in [1.165, 1.54) is 17.5 Å². The van der Waals surface area contributed by atoms with Crippen LogP contribution in [0.15, 0.2) is 65.1 Å². The molecule has 0 spiro atoms. The first-order chi connectivity index (χ1) is 31.3. The topological polar surface area (TPSA) is 247 Å². The first-order valence-corrected chi connectivity index (χ1v) is 22.6. The second-order valence-corrected chi connectivity index (χ2v) is 16.7. The van der Waals surface area contributed by atoms with Crippen LogP contribution in [-0.4, -0.2) is 85.0 Å². The van der Waals surface area contributed by atoms with Gasteiger partial charge in [-0.05, 0) is 92.2 Å². The number of hydrogen-bond donors (Lipinski definition) is 4. The molecular formula is C50H63N7O8. The lowest BCUT2D eigenvalue weighted by Gasteiger charge is -2.32. The quantitative estimate of drug-likeness (QED) is 0.0557. The summed E-state index contributed by atoms with van der Waals surface area (Å²) in [5.41, 5.74) is 22.2. The van der Waals surface area contributed by atoms with Gasteiger partial charge in [0.25, 0.3) is 0 Å². The lowest BCUT2D eigenvalue weighted by molar-refractivity contribution is -0.142. The molecule has 4 atom stereocenters. The molecule has 0 radical (unpaired) electrons. The molecule has 2 heterocycles. The van der Waals surface area contributed by atoms with Crippen molar-refractivity contribution in [2.45, 2.75) is 97.1 Å². The second kappa shape index (κ2) is 24.2. The zero-order chi connectivity index (χ0) is 47.0. The molecule has 1 aliphatic rings. The van der Waals surface area contributed by atoms with Crippen molar-refractivity contribution >= 4 is 29.2 Å². The maximum absolute atomic E-state index is 14.7. The van der Waals surface area contributed by atoms with Crippen LogP contribution in [0.2, 0.25) is 0 Å². The molecular weight excluding hydrogens is 827 g/mol. The number of oxazole rings is 1. The first-order valence-electron chi connectivity index (χ1n) is 22.6. The number of amides is 2. The molecule has 4 bridgehead atoms. The Morgan fingerprint density at radius 3 is 2.26 bits per heavy atom. The number of benzene rings is 3. The molecule has 1 aliphatic heterocycles. The first kappa shape index (κ1) is 49.8. The average molecular weight is 890 g/mol. The Kier molecular flexibility index (Phi) is 18.5. The van der Waals surface area contributed by atoms with E-state index in [1.807, 2.05) is 36.4 Å². The van der Waals surface area contributed by atoms with Crippen LogP contribution in [-0.2, 0) is 32.0 Å². The zero-order valence-electron chi connectivity index (χ0n) is 38.0. The molecule has 0 fully saturated rings. The Hall–Kier alpha value is -6.21. The number of nitrogens with one attached hydrogen (secondary N) is 1. The molecule has 0 saturated carbocycles. The van der Waals surface area contributed by atoms with Crippen molar-refractivity contribution in [3.8, 4) is 40.1 Å². The Morgan fingerprint density at radius 2 is 1.62 bits per heavy atom. The Morgan fingerprint density at radius 1 is 0.938 bits per heavy atom. The van der Waals surface area contributed by atoms with Gasteiger partial charge in [-0.15, -0.1) is 0 Å². The fourth-order valence-electron chi connectivity index (χ4n) is 8.13. The molecule has 3 aromatic carbocycles. The summed E-state index contributed by atoms with van der Waals surface area (Å²) in [6, 6.07) is 18.1. The summed E-state index contributed by atoms with van der Waals surface area (Å²) in [6.45, 7) is 6.28. The van der Waals surface area contributed by atoms with Gasteiger partial charge in [0.05, 0.1) is 17.8 Å². The fourth-order valence-corrected chi connectivity index (χ4v) is 8.13. The van der Waals surface area contributed by atoms with Crippen molar-refractivity contribution < 1.29 is 37.9 Å². The third kappa shape index (κ3) is 13.0. The monoisotopic (exact) mass is 889 g/mol. The van der Waals surface area contributed by atoms with Gasteiger partial charge in [0.2, 0.25) is 23.5 Å². The van der Waals surface area contributed by atoms with Gasteiger partial charge >= 0.3 is 0 Å². The Bertz CT molecular complexity index is 2340. The SMILES string of the molecule is CCCCCc1ccc(-c2nc(C)c(C(=O)C[C@@H](CCN)C(=O)N(C)[C@@H]3C(=O)C[C@@H](C)C(=O)N[C@H](C(=O)CCC#N)Cc4ccc(OCCN)c(c4)-c4cc3ccc4OCCN)o2)cc1. The van der Waals surface area contributed by atoms with Gasteiger partial charge < -0.3 is 41.3 Å². The van der Waals surface area contributed by atoms with E-state index in [0.717, 1.165) is 31.2 Å².